The van der Waals surface area contributed by atoms with Gasteiger partial charge in [-0.1, -0.05) is 62.1 Å². The maximum atomic E-state index is 11.9. The van der Waals surface area contributed by atoms with Crippen LogP contribution in [0.5, 0.6) is 0 Å². The van der Waals surface area contributed by atoms with Crippen molar-refractivity contribution in [2.75, 3.05) is 13.3 Å². The van der Waals surface area contributed by atoms with Crippen molar-refractivity contribution in [3.05, 3.63) is 52.6 Å². The molecule has 1 heterocycles. The minimum absolute atomic E-state index is 0.275. The van der Waals surface area contributed by atoms with Crippen LogP contribution in [-0.2, 0) is 18.4 Å². The Kier molecular flexibility index (Phi) is 5.66. The molecule has 1 fully saturated rings. The van der Waals surface area contributed by atoms with Crippen LogP contribution in [0, 0.1) is 10.2 Å². The predicted molar refractivity (Wildman–Crippen MR) is 120 cm³/mol. The summed E-state index contributed by atoms with van der Waals surface area (Å²) in [7, 11) is 0. The van der Waals surface area contributed by atoms with Gasteiger partial charge in [0, 0.05) is 6.19 Å². The molecule has 1 saturated carbocycles. The van der Waals surface area contributed by atoms with Gasteiger partial charge in [-0.05, 0) is 61.4 Å². The van der Waals surface area contributed by atoms with Crippen LogP contribution in [0.25, 0.3) is 6.08 Å². The lowest BCUT2D eigenvalue weighted by Gasteiger charge is -2.48. The summed E-state index contributed by atoms with van der Waals surface area (Å²) in [4.78, 5) is 0. The van der Waals surface area contributed by atoms with Crippen molar-refractivity contribution in [2.24, 2.45) is 5.41 Å². The second-order valence-electron chi connectivity index (χ2n) is 8.39. The Morgan fingerprint density at radius 1 is 1.26 bits per heavy atom. The van der Waals surface area contributed by atoms with Crippen molar-refractivity contribution in [1.82, 2.24) is 14.1 Å². The summed E-state index contributed by atoms with van der Waals surface area (Å²) in [6.45, 7) is 8.68. The van der Waals surface area contributed by atoms with Crippen molar-refractivity contribution < 1.29 is 5.11 Å². The summed E-state index contributed by atoms with van der Waals surface area (Å²) in [6, 6.07) is 10.2. The van der Waals surface area contributed by atoms with E-state index in [1.807, 2.05) is 35.9 Å². The Hall–Kier alpha value is -1.07. The summed E-state index contributed by atoms with van der Waals surface area (Å²) in [6.07, 6.45) is 5.02. The molecule has 7 heteroatoms. The maximum absolute atomic E-state index is 11.9. The molecule has 0 aliphatic heterocycles. The van der Waals surface area contributed by atoms with Crippen LogP contribution in [0.15, 0.2) is 42.2 Å². The molecule has 1 aromatic carbocycles. The first-order valence-corrected chi connectivity index (χ1v) is 13.3. The van der Waals surface area contributed by atoms with Gasteiger partial charge in [0.15, 0.2) is 0 Å². The number of hydrogen-bond donors (Lipinski definition) is 1. The first-order valence-electron chi connectivity index (χ1n) is 9.23. The van der Waals surface area contributed by atoms with Gasteiger partial charge in [0.25, 0.3) is 0 Å². The molecule has 3 rings (SSSR count). The monoisotopic (exact) mass is 421 g/mol. The van der Waals surface area contributed by atoms with E-state index in [9.17, 15) is 5.11 Å². The van der Waals surface area contributed by atoms with Gasteiger partial charge < -0.3 is 5.11 Å². The molecule has 2 aromatic rings. The minimum Gasteiger partial charge on any atom is -0.383 e. The SMILES string of the molecule is CC1(C)CCC/C(=C/c2ccccc2)C1(O)Cn1ncn(P(C)(C)=S)c1=S. The molecule has 0 bridgehead atoms. The lowest BCUT2D eigenvalue weighted by Crippen LogP contribution is -2.52. The third kappa shape index (κ3) is 4.04. The van der Waals surface area contributed by atoms with E-state index in [4.69, 9.17) is 24.0 Å². The van der Waals surface area contributed by atoms with E-state index >= 15 is 0 Å². The van der Waals surface area contributed by atoms with E-state index in [-0.39, 0.29) is 5.41 Å². The highest BCUT2D eigenvalue weighted by Crippen LogP contribution is 2.48. The fraction of sp³-hybridized carbons (Fsp3) is 0.500. The molecule has 1 aliphatic carbocycles. The van der Waals surface area contributed by atoms with Crippen molar-refractivity contribution in [3.63, 3.8) is 0 Å². The lowest BCUT2D eigenvalue weighted by atomic mass is 9.62. The first kappa shape index (κ1) is 20.7. The zero-order valence-electron chi connectivity index (χ0n) is 16.4. The summed E-state index contributed by atoms with van der Waals surface area (Å²) in [5.74, 6) is 0. The fourth-order valence-electron chi connectivity index (χ4n) is 3.81. The van der Waals surface area contributed by atoms with E-state index in [1.165, 1.54) is 0 Å². The fourth-order valence-corrected chi connectivity index (χ4v) is 5.91. The number of benzene rings is 1. The molecule has 4 nitrogen and oxygen atoms in total. The Labute approximate surface area is 172 Å². The average molecular weight is 422 g/mol. The molecule has 1 unspecified atom stereocenters. The van der Waals surface area contributed by atoms with Crippen LogP contribution in [0.2, 0.25) is 0 Å². The number of aromatic nitrogens is 3. The second kappa shape index (κ2) is 7.40. The first-order chi connectivity index (χ1) is 12.5. The lowest BCUT2D eigenvalue weighted by molar-refractivity contribution is -0.0694. The maximum Gasteiger partial charge on any atom is 0.201 e. The molecule has 1 aromatic heterocycles. The Balaban J connectivity index is 2.05. The molecule has 0 spiro atoms. The summed E-state index contributed by atoms with van der Waals surface area (Å²) < 4.78 is 4.25. The van der Waals surface area contributed by atoms with Crippen LogP contribution in [-0.4, -0.2) is 38.2 Å². The molecular formula is C20H28N3OPS2. The molecule has 0 amide bonds. The Morgan fingerprint density at radius 3 is 2.52 bits per heavy atom. The molecule has 146 valence electrons. The smallest absolute Gasteiger partial charge is 0.201 e. The average Bonchev–Trinajstić information content (AvgIpc) is 2.94. The number of aliphatic hydroxyl groups is 1. The van der Waals surface area contributed by atoms with Gasteiger partial charge >= 0.3 is 0 Å². The van der Waals surface area contributed by atoms with E-state index in [0.717, 1.165) is 30.4 Å². The van der Waals surface area contributed by atoms with Gasteiger partial charge in [-0.3, -0.25) is 4.34 Å². The van der Waals surface area contributed by atoms with Crippen LogP contribution in [0.4, 0.5) is 0 Å². The summed E-state index contributed by atoms with van der Waals surface area (Å²) >= 11 is 11.2. The highest BCUT2D eigenvalue weighted by atomic mass is 32.4. The van der Waals surface area contributed by atoms with Crippen molar-refractivity contribution >= 4 is 36.3 Å². The molecular weight excluding hydrogens is 393 g/mol. The topological polar surface area (TPSA) is 43.0 Å². The molecule has 0 radical (unpaired) electrons. The van der Waals surface area contributed by atoms with Crippen LogP contribution < -0.4 is 0 Å². The van der Waals surface area contributed by atoms with E-state index in [2.05, 4.69) is 37.2 Å². The van der Waals surface area contributed by atoms with Gasteiger partial charge in [0.05, 0.1) is 6.54 Å². The van der Waals surface area contributed by atoms with E-state index < -0.39 is 11.8 Å². The van der Waals surface area contributed by atoms with E-state index in [1.54, 1.807) is 11.0 Å². The highest BCUT2D eigenvalue weighted by Gasteiger charge is 2.49. The zero-order chi connectivity index (χ0) is 19.9. The second-order valence-corrected chi connectivity index (χ2v) is 14.5. The van der Waals surface area contributed by atoms with Crippen LogP contribution >= 0.6 is 18.4 Å². The summed E-state index contributed by atoms with van der Waals surface area (Å²) in [5, 5.41) is 16.4. The minimum atomic E-state index is -1.75. The zero-order valence-corrected chi connectivity index (χ0v) is 18.9. The number of hydrogen-bond acceptors (Lipinski definition) is 4. The molecule has 1 aliphatic rings. The predicted octanol–water partition coefficient (Wildman–Crippen LogP) is 4.94. The van der Waals surface area contributed by atoms with Gasteiger partial charge in [-0.25, -0.2) is 4.68 Å². The van der Waals surface area contributed by atoms with Crippen LogP contribution in [0.1, 0.15) is 38.7 Å². The van der Waals surface area contributed by atoms with E-state index in [0.29, 0.717) is 11.3 Å². The van der Waals surface area contributed by atoms with Gasteiger partial charge in [0.2, 0.25) is 4.77 Å². The van der Waals surface area contributed by atoms with Crippen LogP contribution in [0.3, 0.4) is 0 Å². The van der Waals surface area contributed by atoms with Gasteiger partial charge in [-0.15, -0.1) is 0 Å². The third-order valence-corrected chi connectivity index (χ3v) is 8.05. The molecule has 27 heavy (non-hydrogen) atoms. The molecule has 1 atom stereocenters. The van der Waals surface area contributed by atoms with Gasteiger partial charge in [-0.2, -0.15) is 5.10 Å². The number of rotatable bonds is 4. The molecule has 1 N–H and O–H groups in total. The highest BCUT2D eigenvalue weighted by molar-refractivity contribution is 8.13. The third-order valence-electron chi connectivity index (χ3n) is 5.65. The van der Waals surface area contributed by atoms with Crippen molar-refractivity contribution in [2.45, 2.75) is 45.3 Å². The number of nitrogens with zero attached hydrogens (tertiary/aromatic N) is 3. The summed E-state index contributed by atoms with van der Waals surface area (Å²) in [5.41, 5.74) is 0.871. The largest absolute Gasteiger partial charge is 0.383 e. The van der Waals surface area contributed by atoms with Crippen molar-refractivity contribution in [1.29, 1.82) is 0 Å². The van der Waals surface area contributed by atoms with Crippen molar-refractivity contribution in [3.8, 4) is 0 Å². The Morgan fingerprint density at radius 2 is 1.93 bits per heavy atom. The molecule has 0 saturated heterocycles. The normalized spacial score (nSPS) is 24.3. The standard InChI is InChI=1S/C20H28N3OPS2/c1-19(2)12-8-11-17(13-16-9-6-5-7-10-16)20(19,24)14-22-18(26)23(15-21-22)25(3,4)27/h5-7,9-10,13,15,24H,8,11-12,14H2,1-4H3/b17-13-. The van der Waals surface area contributed by atoms with Gasteiger partial charge in [0.1, 0.15) is 11.9 Å². The Bertz CT molecular complexity index is 955. The quantitative estimate of drug-likeness (QED) is 0.561.